The second kappa shape index (κ2) is 8.68. The Morgan fingerprint density at radius 2 is 1.60 bits per heavy atom. The molecule has 0 saturated carbocycles. The van der Waals surface area contributed by atoms with Gasteiger partial charge < -0.3 is 30.0 Å². The van der Waals surface area contributed by atoms with Crippen LogP contribution in [-0.2, 0) is 6.42 Å². The molecule has 0 aliphatic rings. The van der Waals surface area contributed by atoms with Crippen LogP contribution in [0.15, 0.2) is 36.4 Å². The van der Waals surface area contributed by atoms with Gasteiger partial charge in [-0.05, 0) is 24.1 Å². The molecule has 0 aliphatic heterocycles. The van der Waals surface area contributed by atoms with Crippen LogP contribution in [0.5, 0.6) is 23.0 Å². The fourth-order valence-electron chi connectivity index (χ4n) is 2.31. The van der Waals surface area contributed by atoms with Crippen molar-refractivity contribution in [1.29, 1.82) is 0 Å². The molecule has 0 saturated heterocycles. The number of carbonyl (C=O) groups is 1. The van der Waals surface area contributed by atoms with E-state index in [0.29, 0.717) is 35.9 Å². The lowest BCUT2D eigenvalue weighted by atomic mass is 10.1. The zero-order valence-corrected chi connectivity index (χ0v) is 14.5. The molecule has 25 heavy (non-hydrogen) atoms. The number of hydrogen-bond donors (Lipinski definition) is 3. The number of rotatable bonds is 7. The fraction of sp³-hybridized carbons (Fsp3) is 0.278. The molecule has 0 atom stereocenters. The first-order chi connectivity index (χ1) is 12.1. The summed E-state index contributed by atoms with van der Waals surface area (Å²) < 4.78 is 15.7. The number of phenols is 1. The van der Waals surface area contributed by atoms with Crippen molar-refractivity contribution in [3.8, 4) is 23.0 Å². The molecule has 2 amide bonds. The highest BCUT2D eigenvalue weighted by Crippen LogP contribution is 2.39. The second-order valence-electron chi connectivity index (χ2n) is 5.21. The first-order valence-corrected chi connectivity index (χ1v) is 7.70. The molecule has 7 nitrogen and oxygen atoms in total. The number of nitrogens with one attached hydrogen (secondary N) is 2. The predicted octanol–water partition coefficient (Wildman–Crippen LogP) is 2.78. The summed E-state index contributed by atoms with van der Waals surface area (Å²) in [4.78, 5) is 12.0. The number of aromatic hydroxyl groups is 1. The molecular formula is C18H22N2O5. The number of urea groups is 1. The van der Waals surface area contributed by atoms with Gasteiger partial charge in [-0.3, -0.25) is 0 Å². The van der Waals surface area contributed by atoms with E-state index in [1.54, 1.807) is 24.3 Å². The summed E-state index contributed by atoms with van der Waals surface area (Å²) >= 11 is 0. The maximum atomic E-state index is 12.0. The van der Waals surface area contributed by atoms with Gasteiger partial charge in [-0.25, -0.2) is 4.79 Å². The van der Waals surface area contributed by atoms with Gasteiger partial charge in [0.2, 0.25) is 5.75 Å². The number of carbonyl (C=O) groups excluding carboxylic acids is 1. The number of anilines is 1. The molecule has 0 aliphatic carbocycles. The largest absolute Gasteiger partial charge is 0.508 e. The summed E-state index contributed by atoms with van der Waals surface area (Å²) in [7, 11) is 4.54. The van der Waals surface area contributed by atoms with E-state index < -0.39 is 0 Å². The lowest BCUT2D eigenvalue weighted by Gasteiger charge is -2.15. The van der Waals surface area contributed by atoms with Gasteiger partial charge >= 0.3 is 6.03 Å². The molecule has 0 spiro atoms. The average Bonchev–Trinajstić information content (AvgIpc) is 2.62. The quantitative estimate of drug-likeness (QED) is 0.717. The summed E-state index contributed by atoms with van der Waals surface area (Å²) in [6.07, 6.45) is 0.656. The monoisotopic (exact) mass is 346 g/mol. The third kappa shape index (κ3) is 4.94. The Bertz CT molecular complexity index is 691. The zero-order valence-electron chi connectivity index (χ0n) is 14.5. The van der Waals surface area contributed by atoms with E-state index in [1.165, 1.54) is 21.3 Å². The SMILES string of the molecule is COc1cc(NC(=O)NCCc2ccc(O)cc2)cc(OC)c1OC. The van der Waals surface area contributed by atoms with Crippen LogP contribution in [0.2, 0.25) is 0 Å². The van der Waals surface area contributed by atoms with Crippen molar-refractivity contribution in [3.05, 3.63) is 42.0 Å². The highest BCUT2D eigenvalue weighted by molar-refractivity contribution is 5.90. The first kappa shape index (κ1) is 18.3. The van der Waals surface area contributed by atoms with Crippen LogP contribution in [0.3, 0.4) is 0 Å². The van der Waals surface area contributed by atoms with Crippen molar-refractivity contribution in [2.24, 2.45) is 0 Å². The van der Waals surface area contributed by atoms with Gasteiger partial charge in [-0.15, -0.1) is 0 Å². The Balaban J connectivity index is 1.94. The van der Waals surface area contributed by atoms with Crippen molar-refractivity contribution >= 4 is 11.7 Å². The average molecular weight is 346 g/mol. The van der Waals surface area contributed by atoms with Gasteiger partial charge in [0.05, 0.1) is 27.0 Å². The van der Waals surface area contributed by atoms with Crippen molar-refractivity contribution in [1.82, 2.24) is 5.32 Å². The Morgan fingerprint density at radius 3 is 2.12 bits per heavy atom. The molecule has 2 aromatic rings. The molecule has 0 heterocycles. The van der Waals surface area contributed by atoms with E-state index in [-0.39, 0.29) is 11.8 Å². The lowest BCUT2D eigenvalue weighted by Crippen LogP contribution is -2.30. The third-order valence-electron chi connectivity index (χ3n) is 3.56. The normalized spacial score (nSPS) is 10.0. The van der Waals surface area contributed by atoms with Crippen LogP contribution >= 0.6 is 0 Å². The van der Waals surface area contributed by atoms with Crippen LogP contribution < -0.4 is 24.8 Å². The van der Waals surface area contributed by atoms with E-state index in [9.17, 15) is 9.90 Å². The summed E-state index contributed by atoms with van der Waals surface area (Å²) in [5.74, 6) is 1.60. The zero-order chi connectivity index (χ0) is 18.2. The maximum Gasteiger partial charge on any atom is 0.319 e. The highest BCUT2D eigenvalue weighted by Gasteiger charge is 2.14. The standard InChI is InChI=1S/C18H22N2O5/c1-23-15-10-13(11-16(24-2)17(15)25-3)20-18(22)19-9-8-12-4-6-14(21)7-5-12/h4-7,10-11,21H,8-9H2,1-3H3,(H2,19,20,22). The first-order valence-electron chi connectivity index (χ1n) is 7.70. The van der Waals surface area contributed by atoms with Gasteiger partial charge in [0, 0.05) is 18.7 Å². The number of methoxy groups -OCH3 is 3. The number of ether oxygens (including phenoxy) is 3. The Hall–Kier alpha value is -3.09. The Kier molecular flexibility index (Phi) is 6.33. The van der Waals surface area contributed by atoms with Gasteiger partial charge in [0.1, 0.15) is 5.75 Å². The predicted molar refractivity (Wildman–Crippen MR) is 94.9 cm³/mol. The van der Waals surface area contributed by atoms with Gasteiger partial charge in [-0.2, -0.15) is 0 Å². The summed E-state index contributed by atoms with van der Waals surface area (Å²) in [6, 6.07) is 9.83. The van der Waals surface area contributed by atoms with E-state index >= 15 is 0 Å². The topological polar surface area (TPSA) is 89.1 Å². The minimum absolute atomic E-state index is 0.219. The number of phenolic OH excluding ortho intramolecular Hbond substituents is 1. The molecule has 7 heteroatoms. The summed E-state index contributed by atoms with van der Waals surface area (Å²) in [6.45, 7) is 0.459. The molecule has 0 bridgehead atoms. The van der Waals surface area contributed by atoms with Crippen LogP contribution in [-0.4, -0.2) is 39.0 Å². The number of hydrogen-bond acceptors (Lipinski definition) is 5. The van der Waals surface area contributed by atoms with E-state index in [0.717, 1.165) is 5.56 Å². The summed E-state index contributed by atoms with van der Waals surface area (Å²) in [5.41, 5.74) is 1.54. The molecule has 3 N–H and O–H groups in total. The molecule has 0 radical (unpaired) electrons. The molecule has 134 valence electrons. The molecule has 0 fully saturated rings. The third-order valence-corrected chi connectivity index (χ3v) is 3.56. The van der Waals surface area contributed by atoms with Crippen molar-refractivity contribution < 1.29 is 24.1 Å². The van der Waals surface area contributed by atoms with E-state index in [1.807, 2.05) is 12.1 Å². The van der Waals surface area contributed by atoms with E-state index in [4.69, 9.17) is 14.2 Å². The smallest absolute Gasteiger partial charge is 0.319 e. The molecule has 0 unspecified atom stereocenters. The molecule has 2 aromatic carbocycles. The van der Waals surface area contributed by atoms with Crippen LogP contribution in [0.25, 0.3) is 0 Å². The number of benzene rings is 2. The van der Waals surface area contributed by atoms with Gasteiger partial charge in [0.15, 0.2) is 11.5 Å². The maximum absolute atomic E-state index is 12.0. The second-order valence-corrected chi connectivity index (χ2v) is 5.21. The van der Waals surface area contributed by atoms with Crippen LogP contribution in [0.4, 0.5) is 10.5 Å². The van der Waals surface area contributed by atoms with Crippen molar-refractivity contribution in [2.45, 2.75) is 6.42 Å². The molecular weight excluding hydrogens is 324 g/mol. The Labute approximate surface area is 146 Å². The van der Waals surface area contributed by atoms with E-state index in [2.05, 4.69) is 10.6 Å². The Morgan fingerprint density at radius 1 is 1.00 bits per heavy atom. The summed E-state index contributed by atoms with van der Waals surface area (Å²) in [5, 5.41) is 14.8. The highest BCUT2D eigenvalue weighted by atomic mass is 16.5. The molecule has 2 rings (SSSR count). The minimum Gasteiger partial charge on any atom is -0.508 e. The van der Waals surface area contributed by atoms with Gasteiger partial charge in [-0.1, -0.05) is 12.1 Å². The number of amides is 2. The van der Waals surface area contributed by atoms with Crippen molar-refractivity contribution in [2.75, 3.05) is 33.2 Å². The van der Waals surface area contributed by atoms with Crippen molar-refractivity contribution in [3.63, 3.8) is 0 Å². The van der Waals surface area contributed by atoms with Crippen LogP contribution in [0, 0.1) is 0 Å². The lowest BCUT2D eigenvalue weighted by molar-refractivity contribution is 0.252. The molecule has 0 aromatic heterocycles. The van der Waals surface area contributed by atoms with Gasteiger partial charge in [0.25, 0.3) is 0 Å². The fourth-order valence-corrected chi connectivity index (χ4v) is 2.31. The van der Waals surface area contributed by atoms with Crippen LogP contribution in [0.1, 0.15) is 5.56 Å². The minimum atomic E-state index is -0.340.